The Labute approximate surface area is 179 Å². The Morgan fingerprint density at radius 3 is 2.59 bits per heavy atom. The van der Waals surface area contributed by atoms with Crippen molar-refractivity contribution in [1.29, 1.82) is 0 Å². The van der Waals surface area contributed by atoms with E-state index in [1.54, 1.807) is 14.2 Å². The van der Waals surface area contributed by atoms with E-state index in [1.165, 1.54) is 5.56 Å². The first-order chi connectivity index (χ1) is 13.8. The first-order valence-electron chi connectivity index (χ1n) is 9.62. The number of hydrogen-bond donors (Lipinski definition) is 1. The van der Waals surface area contributed by atoms with Gasteiger partial charge in [0.2, 0.25) is 5.91 Å². The van der Waals surface area contributed by atoms with Gasteiger partial charge in [-0.2, -0.15) is 0 Å². The average Bonchev–Trinajstić information content (AvgIpc) is 2.89. The molecule has 152 valence electrons. The number of anilines is 1. The number of methoxy groups -OCH3 is 2. The van der Waals surface area contributed by atoms with Crippen molar-refractivity contribution in [2.75, 3.05) is 25.7 Å². The molecule has 2 aromatic rings. The number of hydrogen-bond acceptors (Lipinski definition) is 4. The molecule has 4 rings (SSSR count). The molecule has 1 unspecified atom stereocenters. The molecule has 0 saturated carbocycles. The maximum absolute atomic E-state index is 12.5. The Morgan fingerprint density at radius 1 is 1.10 bits per heavy atom. The van der Waals surface area contributed by atoms with Crippen LogP contribution in [0.4, 0.5) is 5.69 Å². The van der Waals surface area contributed by atoms with Crippen LogP contribution in [0.15, 0.2) is 46.9 Å². The maximum atomic E-state index is 12.5. The zero-order chi connectivity index (χ0) is 20.8. The van der Waals surface area contributed by atoms with Crippen molar-refractivity contribution in [2.24, 2.45) is 0 Å². The molecule has 6 heteroatoms. The molecule has 0 radical (unpaired) electrons. The van der Waals surface area contributed by atoms with Gasteiger partial charge in [-0.1, -0.05) is 41.9 Å². The lowest BCUT2D eigenvalue weighted by Gasteiger charge is -2.49. The van der Waals surface area contributed by atoms with Gasteiger partial charge in [0, 0.05) is 28.5 Å². The predicted octanol–water partition coefficient (Wildman–Crippen LogP) is 4.49. The van der Waals surface area contributed by atoms with E-state index in [4.69, 9.17) is 9.47 Å². The number of ether oxygens (including phenoxy) is 2. The van der Waals surface area contributed by atoms with Crippen LogP contribution in [0.2, 0.25) is 0 Å². The fourth-order valence-corrected chi connectivity index (χ4v) is 4.86. The molecule has 0 aromatic heterocycles. The van der Waals surface area contributed by atoms with Crippen LogP contribution in [-0.4, -0.2) is 32.3 Å². The smallest absolute Gasteiger partial charge is 0.223 e. The molecule has 29 heavy (non-hydrogen) atoms. The van der Waals surface area contributed by atoms with Crippen LogP contribution >= 0.6 is 15.9 Å². The third-order valence-electron chi connectivity index (χ3n) is 6.12. The molecular formula is C23H25BrN2O3. The SMILES string of the molecule is COc1ccc(/C=C/C23NC(=O)CCN2c2ccc(Br)cc2C3(C)C)cc1OC. The van der Waals surface area contributed by atoms with Crippen molar-refractivity contribution in [3.05, 3.63) is 58.1 Å². The highest BCUT2D eigenvalue weighted by molar-refractivity contribution is 9.10. The summed E-state index contributed by atoms with van der Waals surface area (Å²) in [5.74, 6) is 1.43. The summed E-state index contributed by atoms with van der Waals surface area (Å²) in [5.41, 5.74) is 2.39. The fraction of sp³-hybridized carbons (Fsp3) is 0.348. The van der Waals surface area contributed by atoms with Crippen molar-refractivity contribution in [1.82, 2.24) is 5.32 Å². The van der Waals surface area contributed by atoms with E-state index in [1.807, 2.05) is 24.3 Å². The third-order valence-corrected chi connectivity index (χ3v) is 6.61. The average molecular weight is 457 g/mol. The Bertz CT molecular complexity index is 1000. The molecule has 1 N–H and O–H groups in total. The van der Waals surface area contributed by atoms with Crippen LogP contribution in [0.1, 0.15) is 31.4 Å². The van der Waals surface area contributed by atoms with E-state index in [-0.39, 0.29) is 11.3 Å². The predicted molar refractivity (Wildman–Crippen MR) is 119 cm³/mol. The van der Waals surface area contributed by atoms with E-state index in [9.17, 15) is 4.79 Å². The monoisotopic (exact) mass is 456 g/mol. The Balaban J connectivity index is 1.81. The van der Waals surface area contributed by atoms with Crippen molar-refractivity contribution in [2.45, 2.75) is 31.3 Å². The Morgan fingerprint density at radius 2 is 1.86 bits per heavy atom. The van der Waals surface area contributed by atoms with Gasteiger partial charge >= 0.3 is 0 Å². The quantitative estimate of drug-likeness (QED) is 0.735. The van der Waals surface area contributed by atoms with E-state index < -0.39 is 5.66 Å². The Hall–Kier alpha value is -2.47. The van der Waals surface area contributed by atoms with Gasteiger partial charge in [-0.25, -0.2) is 0 Å². The summed E-state index contributed by atoms with van der Waals surface area (Å²) in [6, 6.07) is 12.1. The molecule has 0 bridgehead atoms. The summed E-state index contributed by atoms with van der Waals surface area (Å²) in [6.45, 7) is 5.05. The summed E-state index contributed by atoms with van der Waals surface area (Å²) in [4.78, 5) is 14.8. The number of benzene rings is 2. The lowest BCUT2D eigenvalue weighted by Crippen LogP contribution is -2.68. The van der Waals surface area contributed by atoms with Crippen LogP contribution < -0.4 is 19.7 Å². The van der Waals surface area contributed by atoms with Crippen LogP contribution in [0, 0.1) is 0 Å². The summed E-state index contributed by atoms with van der Waals surface area (Å²) >= 11 is 3.60. The highest BCUT2D eigenvalue weighted by atomic mass is 79.9. The molecule has 1 atom stereocenters. The largest absolute Gasteiger partial charge is 0.493 e. The molecule has 1 saturated heterocycles. The maximum Gasteiger partial charge on any atom is 0.223 e. The molecule has 2 aliphatic heterocycles. The zero-order valence-corrected chi connectivity index (χ0v) is 18.7. The van der Waals surface area contributed by atoms with Crippen molar-refractivity contribution < 1.29 is 14.3 Å². The van der Waals surface area contributed by atoms with Gasteiger partial charge in [0.05, 0.1) is 14.2 Å². The molecule has 0 spiro atoms. The number of fused-ring (bicyclic) bond motifs is 3. The summed E-state index contributed by atoms with van der Waals surface area (Å²) in [5, 5.41) is 3.30. The number of rotatable bonds is 4. The second-order valence-electron chi connectivity index (χ2n) is 7.95. The number of nitrogens with zero attached hydrogens (tertiary/aromatic N) is 1. The number of carbonyl (C=O) groups excluding carboxylic acids is 1. The highest BCUT2D eigenvalue weighted by Gasteiger charge is 2.57. The summed E-state index contributed by atoms with van der Waals surface area (Å²) in [6.07, 6.45) is 4.64. The molecular weight excluding hydrogens is 432 g/mol. The van der Waals surface area contributed by atoms with Gasteiger partial charge in [-0.15, -0.1) is 0 Å². The molecule has 5 nitrogen and oxygen atoms in total. The normalized spacial score (nSPS) is 22.2. The third kappa shape index (κ3) is 3.01. The Kier molecular flexibility index (Phi) is 4.85. The van der Waals surface area contributed by atoms with E-state index >= 15 is 0 Å². The van der Waals surface area contributed by atoms with Gasteiger partial charge in [-0.05, 0) is 47.5 Å². The minimum Gasteiger partial charge on any atom is -0.493 e. The van der Waals surface area contributed by atoms with E-state index in [0.717, 1.165) is 15.7 Å². The summed E-state index contributed by atoms with van der Waals surface area (Å²) in [7, 11) is 3.25. The molecule has 1 fully saturated rings. The number of amides is 1. The van der Waals surface area contributed by atoms with Crippen molar-refractivity contribution in [3.63, 3.8) is 0 Å². The standard InChI is InChI=1S/C23H25BrN2O3/c1-22(2)17-14-16(24)6-7-18(17)26-12-10-21(27)25-23(22,26)11-9-15-5-8-19(28-3)20(13-15)29-4/h5-9,11,13-14H,10,12H2,1-4H3,(H,25,27)/b11-9+. The van der Waals surface area contributed by atoms with Crippen molar-refractivity contribution >= 4 is 33.6 Å². The molecule has 0 aliphatic carbocycles. The lowest BCUT2D eigenvalue weighted by atomic mass is 9.74. The number of halogens is 1. The molecule has 2 aliphatic rings. The fourth-order valence-electron chi connectivity index (χ4n) is 4.50. The van der Waals surface area contributed by atoms with Crippen molar-refractivity contribution in [3.8, 4) is 11.5 Å². The number of nitrogens with one attached hydrogen (secondary N) is 1. The first-order valence-corrected chi connectivity index (χ1v) is 10.4. The van der Waals surface area contributed by atoms with E-state index in [2.05, 4.69) is 64.3 Å². The van der Waals surface area contributed by atoms with Gasteiger partial charge in [0.15, 0.2) is 11.5 Å². The number of carbonyl (C=O) groups is 1. The summed E-state index contributed by atoms with van der Waals surface area (Å²) < 4.78 is 11.8. The molecule has 2 aromatic carbocycles. The van der Waals surface area contributed by atoms with Crippen LogP contribution in [0.25, 0.3) is 6.08 Å². The topological polar surface area (TPSA) is 50.8 Å². The molecule has 2 heterocycles. The van der Waals surface area contributed by atoms with Gasteiger partial charge < -0.3 is 19.7 Å². The first kappa shape index (κ1) is 19.8. The zero-order valence-electron chi connectivity index (χ0n) is 17.1. The second kappa shape index (κ2) is 7.10. The second-order valence-corrected chi connectivity index (χ2v) is 8.87. The van der Waals surface area contributed by atoms with Crippen LogP contribution in [0.5, 0.6) is 11.5 Å². The van der Waals surface area contributed by atoms with Crippen LogP contribution in [-0.2, 0) is 10.2 Å². The van der Waals surface area contributed by atoms with Gasteiger partial charge in [-0.3, -0.25) is 4.79 Å². The molecule has 1 amide bonds. The lowest BCUT2D eigenvalue weighted by molar-refractivity contribution is -0.124. The van der Waals surface area contributed by atoms with Crippen LogP contribution in [0.3, 0.4) is 0 Å². The van der Waals surface area contributed by atoms with Gasteiger partial charge in [0.1, 0.15) is 5.66 Å². The minimum absolute atomic E-state index is 0.0677. The minimum atomic E-state index is -0.640. The van der Waals surface area contributed by atoms with E-state index in [0.29, 0.717) is 24.5 Å². The van der Waals surface area contributed by atoms with Gasteiger partial charge in [0.25, 0.3) is 0 Å². The highest BCUT2D eigenvalue weighted by Crippen LogP contribution is 2.53.